The molecule has 0 bridgehead atoms. The van der Waals surface area contributed by atoms with Gasteiger partial charge in [-0.3, -0.25) is 0 Å². The molecule has 2 aromatic carbocycles. The van der Waals surface area contributed by atoms with Gasteiger partial charge in [-0.05, 0) is 30.7 Å². The van der Waals surface area contributed by atoms with Crippen molar-refractivity contribution < 1.29 is 4.74 Å². The van der Waals surface area contributed by atoms with Gasteiger partial charge < -0.3 is 10.1 Å². The summed E-state index contributed by atoms with van der Waals surface area (Å²) < 4.78 is 7.00. The Morgan fingerprint density at radius 1 is 1.11 bits per heavy atom. The van der Waals surface area contributed by atoms with Crippen LogP contribution >= 0.6 is 11.3 Å². The van der Waals surface area contributed by atoms with Crippen LogP contribution in [0.1, 0.15) is 5.56 Å². The average Bonchev–Trinajstić information content (AvgIpc) is 2.83. The molecule has 0 saturated heterocycles. The maximum absolute atomic E-state index is 5.87. The highest BCUT2D eigenvalue weighted by Crippen LogP contribution is 2.33. The first-order valence-electron chi connectivity index (χ1n) is 6.08. The van der Waals surface area contributed by atoms with Gasteiger partial charge in [-0.2, -0.15) is 0 Å². The number of ether oxygens (including phenoxy) is 1. The standard InChI is InChI=1S/C15H14N2OS/c1-10-8-12(18-11-6-4-3-5-7-11)9-13-14(10)17-15(16-2)19-13/h3-9H,1-2H3,(H,16,17). The fraction of sp³-hybridized carbons (Fsp3) is 0.133. The van der Waals surface area contributed by atoms with Gasteiger partial charge in [0.25, 0.3) is 0 Å². The highest BCUT2D eigenvalue weighted by atomic mass is 32.1. The summed E-state index contributed by atoms with van der Waals surface area (Å²) in [6.45, 7) is 2.05. The molecule has 1 N–H and O–H groups in total. The second kappa shape index (κ2) is 4.90. The molecule has 19 heavy (non-hydrogen) atoms. The van der Waals surface area contributed by atoms with E-state index in [1.165, 1.54) is 0 Å². The SMILES string of the molecule is CNc1nc2c(C)cc(Oc3ccccc3)cc2s1. The number of nitrogens with one attached hydrogen (secondary N) is 1. The van der Waals surface area contributed by atoms with E-state index in [-0.39, 0.29) is 0 Å². The van der Waals surface area contributed by atoms with Crippen molar-refractivity contribution in [2.45, 2.75) is 6.92 Å². The summed E-state index contributed by atoms with van der Waals surface area (Å²) in [6.07, 6.45) is 0. The predicted molar refractivity (Wildman–Crippen MR) is 80.4 cm³/mol. The molecule has 0 aliphatic carbocycles. The average molecular weight is 270 g/mol. The molecule has 0 unspecified atom stereocenters. The summed E-state index contributed by atoms with van der Waals surface area (Å²) in [5.74, 6) is 1.70. The molecular formula is C15H14N2OS. The molecule has 1 heterocycles. The first kappa shape index (κ1) is 12.0. The first-order valence-corrected chi connectivity index (χ1v) is 6.90. The van der Waals surface area contributed by atoms with Gasteiger partial charge in [0.05, 0.1) is 10.2 Å². The van der Waals surface area contributed by atoms with Crippen molar-refractivity contribution in [2.24, 2.45) is 0 Å². The molecule has 3 nitrogen and oxygen atoms in total. The van der Waals surface area contributed by atoms with Gasteiger partial charge in [0.1, 0.15) is 11.5 Å². The second-order valence-corrected chi connectivity index (χ2v) is 5.30. The zero-order chi connectivity index (χ0) is 13.2. The van der Waals surface area contributed by atoms with Crippen LogP contribution in [0, 0.1) is 6.92 Å². The molecule has 96 valence electrons. The van der Waals surface area contributed by atoms with Crippen molar-refractivity contribution in [1.82, 2.24) is 4.98 Å². The minimum absolute atomic E-state index is 0.847. The Kier molecular flexibility index (Phi) is 3.09. The van der Waals surface area contributed by atoms with Crippen molar-refractivity contribution >= 4 is 26.7 Å². The van der Waals surface area contributed by atoms with Gasteiger partial charge >= 0.3 is 0 Å². The van der Waals surface area contributed by atoms with E-state index in [4.69, 9.17) is 4.74 Å². The van der Waals surface area contributed by atoms with Crippen molar-refractivity contribution in [2.75, 3.05) is 12.4 Å². The number of nitrogens with zero attached hydrogens (tertiary/aromatic N) is 1. The predicted octanol–water partition coefficient (Wildman–Crippen LogP) is 4.44. The monoisotopic (exact) mass is 270 g/mol. The van der Waals surface area contributed by atoms with Crippen LogP contribution in [-0.2, 0) is 0 Å². The van der Waals surface area contributed by atoms with Crippen molar-refractivity contribution in [3.05, 3.63) is 48.0 Å². The number of fused-ring (bicyclic) bond motifs is 1. The number of para-hydroxylation sites is 1. The van der Waals surface area contributed by atoms with Gasteiger partial charge in [0, 0.05) is 13.1 Å². The lowest BCUT2D eigenvalue weighted by Gasteiger charge is -2.06. The number of anilines is 1. The fourth-order valence-corrected chi connectivity index (χ4v) is 2.88. The number of aromatic nitrogens is 1. The Morgan fingerprint density at radius 2 is 1.89 bits per heavy atom. The molecule has 0 saturated carbocycles. The molecule has 0 radical (unpaired) electrons. The van der Waals surface area contributed by atoms with Gasteiger partial charge in [0.2, 0.25) is 0 Å². The summed E-state index contributed by atoms with van der Waals surface area (Å²) in [4.78, 5) is 4.53. The third-order valence-corrected chi connectivity index (χ3v) is 3.87. The van der Waals surface area contributed by atoms with E-state index in [1.807, 2.05) is 49.5 Å². The lowest BCUT2D eigenvalue weighted by Crippen LogP contribution is -1.86. The van der Waals surface area contributed by atoms with Crippen LogP contribution in [0.4, 0.5) is 5.13 Å². The number of rotatable bonds is 3. The van der Waals surface area contributed by atoms with E-state index < -0.39 is 0 Å². The lowest BCUT2D eigenvalue weighted by atomic mass is 10.2. The molecule has 0 fully saturated rings. The van der Waals surface area contributed by atoms with Crippen LogP contribution in [-0.4, -0.2) is 12.0 Å². The van der Waals surface area contributed by atoms with Crippen LogP contribution in [0.5, 0.6) is 11.5 Å². The molecule has 0 atom stereocenters. The summed E-state index contributed by atoms with van der Waals surface area (Å²) in [7, 11) is 1.88. The van der Waals surface area contributed by atoms with Crippen LogP contribution in [0.2, 0.25) is 0 Å². The molecular weight excluding hydrogens is 256 g/mol. The topological polar surface area (TPSA) is 34.2 Å². The van der Waals surface area contributed by atoms with Crippen molar-refractivity contribution in [1.29, 1.82) is 0 Å². The molecule has 0 amide bonds. The van der Waals surface area contributed by atoms with Crippen LogP contribution < -0.4 is 10.1 Å². The van der Waals surface area contributed by atoms with E-state index in [0.29, 0.717) is 0 Å². The quantitative estimate of drug-likeness (QED) is 0.764. The van der Waals surface area contributed by atoms with Crippen LogP contribution in [0.15, 0.2) is 42.5 Å². The first-order chi connectivity index (χ1) is 9.26. The Hall–Kier alpha value is -2.07. The molecule has 0 aliphatic rings. The molecule has 3 aromatic rings. The number of benzene rings is 2. The molecule has 4 heteroatoms. The van der Waals surface area contributed by atoms with E-state index >= 15 is 0 Å². The highest BCUT2D eigenvalue weighted by Gasteiger charge is 2.08. The fourth-order valence-electron chi connectivity index (χ4n) is 1.96. The zero-order valence-corrected chi connectivity index (χ0v) is 11.6. The molecule has 0 aliphatic heterocycles. The van der Waals surface area contributed by atoms with Gasteiger partial charge in [-0.25, -0.2) is 4.98 Å². The maximum Gasteiger partial charge on any atom is 0.183 e. The van der Waals surface area contributed by atoms with Crippen molar-refractivity contribution in [3.63, 3.8) is 0 Å². The number of aryl methyl sites for hydroxylation is 1. The third kappa shape index (κ3) is 2.39. The van der Waals surface area contributed by atoms with Crippen LogP contribution in [0.25, 0.3) is 10.2 Å². The number of hydrogen-bond donors (Lipinski definition) is 1. The molecule has 3 rings (SSSR count). The molecule has 0 spiro atoms. The lowest BCUT2D eigenvalue weighted by molar-refractivity contribution is 0.483. The van der Waals surface area contributed by atoms with Gasteiger partial charge in [0.15, 0.2) is 5.13 Å². The Morgan fingerprint density at radius 3 is 2.63 bits per heavy atom. The Balaban J connectivity index is 2.01. The largest absolute Gasteiger partial charge is 0.457 e. The van der Waals surface area contributed by atoms with Gasteiger partial charge in [-0.15, -0.1) is 0 Å². The van der Waals surface area contributed by atoms with E-state index in [9.17, 15) is 0 Å². The summed E-state index contributed by atoms with van der Waals surface area (Å²) in [5, 5.41) is 4.01. The van der Waals surface area contributed by atoms with Crippen molar-refractivity contribution in [3.8, 4) is 11.5 Å². The van der Waals surface area contributed by atoms with E-state index in [2.05, 4.69) is 17.2 Å². The normalized spacial score (nSPS) is 10.6. The number of hydrogen-bond acceptors (Lipinski definition) is 4. The minimum Gasteiger partial charge on any atom is -0.457 e. The zero-order valence-electron chi connectivity index (χ0n) is 10.8. The maximum atomic E-state index is 5.87. The van der Waals surface area contributed by atoms with Crippen LogP contribution in [0.3, 0.4) is 0 Å². The Labute approximate surface area is 115 Å². The second-order valence-electron chi connectivity index (χ2n) is 4.27. The van der Waals surface area contributed by atoms with E-state index in [1.54, 1.807) is 11.3 Å². The number of thiazole rings is 1. The molecule has 1 aromatic heterocycles. The smallest absolute Gasteiger partial charge is 0.183 e. The Bertz CT molecular complexity index is 707. The van der Waals surface area contributed by atoms with E-state index in [0.717, 1.165) is 32.4 Å². The third-order valence-electron chi connectivity index (χ3n) is 2.85. The highest BCUT2D eigenvalue weighted by molar-refractivity contribution is 7.22. The summed E-state index contributed by atoms with van der Waals surface area (Å²) in [6, 6.07) is 13.9. The minimum atomic E-state index is 0.847. The summed E-state index contributed by atoms with van der Waals surface area (Å²) in [5.41, 5.74) is 2.16. The van der Waals surface area contributed by atoms with Gasteiger partial charge in [-0.1, -0.05) is 29.5 Å². The summed E-state index contributed by atoms with van der Waals surface area (Å²) >= 11 is 1.63.